The lowest BCUT2D eigenvalue weighted by Crippen LogP contribution is -2.44. The van der Waals surface area contributed by atoms with Crippen LogP contribution >= 0.6 is 0 Å². The third-order valence-electron chi connectivity index (χ3n) is 4.98. The zero-order chi connectivity index (χ0) is 20.9. The van der Waals surface area contributed by atoms with Crippen LogP contribution in [0.5, 0.6) is 11.5 Å². The van der Waals surface area contributed by atoms with Crippen molar-refractivity contribution in [1.29, 1.82) is 0 Å². The van der Waals surface area contributed by atoms with Gasteiger partial charge in [-0.15, -0.1) is 0 Å². The van der Waals surface area contributed by atoms with Crippen molar-refractivity contribution in [2.45, 2.75) is 26.7 Å². The fourth-order valence-electron chi connectivity index (χ4n) is 3.42. The van der Waals surface area contributed by atoms with E-state index in [1.807, 2.05) is 20.0 Å². The van der Waals surface area contributed by atoms with Crippen molar-refractivity contribution in [3.63, 3.8) is 0 Å². The highest BCUT2D eigenvalue weighted by Gasteiger charge is 2.14. The molecule has 0 bridgehead atoms. The van der Waals surface area contributed by atoms with Crippen LogP contribution in [0.1, 0.15) is 25.8 Å². The van der Waals surface area contributed by atoms with Crippen LogP contribution in [0.3, 0.4) is 0 Å². The smallest absolute Gasteiger partial charge is 0.190 e. The molecule has 1 fully saturated rings. The van der Waals surface area contributed by atoms with E-state index in [9.17, 15) is 0 Å². The zero-order valence-corrected chi connectivity index (χ0v) is 18.5. The Morgan fingerprint density at radius 2 is 2.03 bits per heavy atom. The molecule has 7 heteroatoms. The highest BCUT2D eigenvalue weighted by atomic mass is 16.5. The largest absolute Gasteiger partial charge is 0.493 e. The van der Waals surface area contributed by atoms with E-state index in [0.29, 0.717) is 12.5 Å². The van der Waals surface area contributed by atoms with Crippen LogP contribution < -0.4 is 20.1 Å². The predicted octanol–water partition coefficient (Wildman–Crippen LogP) is 2.16. The fourth-order valence-corrected chi connectivity index (χ4v) is 3.42. The van der Waals surface area contributed by atoms with Crippen LogP contribution in [0.4, 0.5) is 0 Å². The van der Waals surface area contributed by atoms with Gasteiger partial charge in [-0.1, -0.05) is 13.0 Å². The molecule has 1 unspecified atom stereocenters. The lowest BCUT2D eigenvalue weighted by molar-refractivity contribution is 0.0320. The van der Waals surface area contributed by atoms with E-state index in [4.69, 9.17) is 14.2 Å². The first-order valence-electron chi connectivity index (χ1n) is 10.7. The van der Waals surface area contributed by atoms with Gasteiger partial charge >= 0.3 is 0 Å². The number of guanidine groups is 1. The van der Waals surface area contributed by atoms with Gasteiger partial charge in [-0.25, -0.2) is 0 Å². The summed E-state index contributed by atoms with van der Waals surface area (Å²) in [4.78, 5) is 6.81. The third-order valence-corrected chi connectivity index (χ3v) is 4.98. The van der Waals surface area contributed by atoms with Crippen molar-refractivity contribution in [2.75, 3.05) is 66.7 Å². The molecule has 1 aromatic carbocycles. The first kappa shape index (κ1) is 23.3. The number of benzene rings is 1. The number of nitrogens with zero attached hydrogens (tertiary/aromatic N) is 2. The highest BCUT2D eigenvalue weighted by molar-refractivity contribution is 5.79. The van der Waals surface area contributed by atoms with Crippen molar-refractivity contribution < 1.29 is 14.2 Å². The van der Waals surface area contributed by atoms with Crippen LogP contribution in [-0.2, 0) is 11.2 Å². The van der Waals surface area contributed by atoms with Crippen molar-refractivity contribution in [1.82, 2.24) is 15.5 Å². The van der Waals surface area contributed by atoms with Gasteiger partial charge in [0, 0.05) is 39.8 Å². The van der Waals surface area contributed by atoms with Crippen LogP contribution in [-0.4, -0.2) is 77.6 Å². The minimum atomic E-state index is 0.558. The second kappa shape index (κ2) is 13.3. The Bertz CT molecular complexity index is 618. The lowest BCUT2D eigenvalue weighted by atomic mass is 10.1. The van der Waals surface area contributed by atoms with Crippen molar-refractivity contribution in [2.24, 2.45) is 10.9 Å². The molecule has 2 N–H and O–H groups in total. The van der Waals surface area contributed by atoms with Gasteiger partial charge in [0.1, 0.15) is 0 Å². The first-order chi connectivity index (χ1) is 14.2. The van der Waals surface area contributed by atoms with E-state index in [1.54, 1.807) is 7.11 Å². The molecule has 1 aliphatic heterocycles. The van der Waals surface area contributed by atoms with Gasteiger partial charge in [0.25, 0.3) is 0 Å². The fraction of sp³-hybridized carbons (Fsp3) is 0.682. The minimum absolute atomic E-state index is 0.558. The number of methoxy groups -OCH3 is 1. The average Bonchev–Trinajstić information content (AvgIpc) is 2.74. The van der Waals surface area contributed by atoms with Crippen LogP contribution in [0.25, 0.3) is 0 Å². The van der Waals surface area contributed by atoms with E-state index in [0.717, 1.165) is 76.2 Å². The van der Waals surface area contributed by atoms with Crippen molar-refractivity contribution >= 4 is 5.96 Å². The summed E-state index contributed by atoms with van der Waals surface area (Å²) >= 11 is 0. The number of rotatable bonds is 11. The molecule has 29 heavy (non-hydrogen) atoms. The molecule has 7 nitrogen and oxygen atoms in total. The van der Waals surface area contributed by atoms with Gasteiger partial charge in [0.2, 0.25) is 0 Å². The Kier molecular flexibility index (Phi) is 10.7. The van der Waals surface area contributed by atoms with Crippen LogP contribution in [0.15, 0.2) is 23.2 Å². The van der Waals surface area contributed by atoms with E-state index in [2.05, 4.69) is 39.6 Å². The van der Waals surface area contributed by atoms with Gasteiger partial charge in [0.05, 0.1) is 26.9 Å². The lowest BCUT2D eigenvalue weighted by Gasteiger charge is -2.29. The molecule has 0 radical (unpaired) electrons. The van der Waals surface area contributed by atoms with Gasteiger partial charge in [-0.2, -0.15) is 0 Å². The summed E-state index contributed by atoms with van der Waals surface area (Å²) in [6, 6.07) is 6.15. The molecule has 1 atom stereocenters. The maximum atomic E-state index is 5.66. The van der Waals surface area contributed by atoms with Crippen LogP contribution in [0, 0.1) is 5.92 Å². The topological polar surface area (TPSA) is 67.4 Å². The van der Waals surface area contributed by atoms with Gasteiger partial charge in [0.15, 0.2) is 17.5 Å². The van der Waals surface area contributed by atoms with E-state index >= 15 is 0 Å². The Hall–Kier alpha value is -1.99. The molecule has 1 aromatic rings. The molecule has 0 amide bonds. The molecule has 1 heterocycles. The number of morpholine rings is 1. The number of ether oxygens (including phenoxy) is 3. The summed E-state index contributed by atoms with van der Waals surface area (Å²) < 4.78 is 16.4. The molecule has 2 rings (SSSR count). The Labute approximate surface area is 175 Å². The molecule has 1 aliphatic rings. The predicted molar refractivity (Wildman–Crippen MR) is 118 cm³/mol. The SMILES string of the molecule is CCOc1cc(CCCNC(=NC)NCC(C)CN2CCOCC2)ccc1OC. The second-order valence-corrected chi connectivity index (χ2v) is 7.42. The molecule has 164 valence electrons. The molecule has 1 saturated heterocycles. The number of hydrogen-bond donors (Lipinski definition) is 2. The monoisotopic (exact) mass is 406 g/mol. The Balaban J connectivity index is 1.67. The molecular formula is C22H38N4O3. The maximum Gasteiger partial charge on any atom is 0.190 e. The normalized spacial score (nSPS) is 16.3. The molecule has 0 aliphatic carbocycles. The summed E-state index contributed by atoms with van der Waals surface area (Å²) in [6.45, 7) is 11.5. The van der Waals surface area contributed by atoms with E-state index in [1.165, 1.54) is 5.56 Å². The molecule has 0 aromatic heterocycles. The Morgan fingerprint density at radius 3 is 2.72 bits per heavy atom. The highest BCUT2D eigenvalue weighted by Crippen LogP contribution is 2.28. The quantitative estimate of drug-likeness (QED) is 0.334. The number of aryl methyl sites for hydroxylation is 1. The van der Waals surface area contributed by atoms with E-state index in [-0.39, 0.29) is 0 Å². The Morgan fingerprint density at radius 1 is 1.24 bits per heavy atom. The molecule has 0 spiro atoms. The molecular weight excluding hydrogens is 368 g/mol. The average molecular weight is 407 g/mol. The maximum absolute atomic E-state index is 5.66. The van der Waals surface area contributed by atoms with Crippen LogP contribution in [0.2, 0.25) is 0 Å². The van der Waals surface area contributed by atoms with Crippen molar-refractivity contribution in [3.8, 4) is 11.5 Å². The van der Waals surface area contributed by atoms with Gasteiger partial charge in [-0.3, -0.25) is 9.89 Å². The van der Waals surface area contributed by atoms with Crippen molar-refractivity contribution in [3.05, 3.63) is 23.8 Å². The van der Waals surface area contributed by atoms with Gasteiger partial charge < -0.3 is 24.8 Å². The summed E-state index contributed by atoms with van der Waals surface area (Å²) in [5.41, 5.74) is 1.25. The standard InChI is InChI=1S/C22H38N4O3/c1-5-29-21-15-19(8-9-20(21)27-4)7-6-10-24-22(23-3)25-16-18(2)17-26-11-13-28-14-12-26/h8-9,15,18H,5-7,10-14,16-17H2,1-4H3,(H2,23,24,25). The van der Waals surface area contributed by atoms with Gasteiger partial charge in [-0.05, 0) is 43.4 Å². The number of hydrogen-bond acceptors (Lipinski definition) is 5. The zero-order valence-electron chi connectivity index (χ0n) is 18.5. The van der Waals surface area contributed by atoms with E-state index < -0.39 is 0 Å². The summed E-state index contributed by atoms with van der Waals surface area (Å²) in [7, 11) is 3.49. The summed E-state index contributed by atoms with van der Waals surface area (Å²) in [5.74, 6) is 3.02. The number of nitrogens with one attached hydrogen (secondary N) is 2. The first-order valence-corrected chi connectivity index (χ1v) is 10.7. The number of aliphatic imine (C=N–C) groups is 1. The minimum Gasteiger partial charge on any atom is -0.493 e. The summed E-state index contributed by atoms with van der Waals surface area (Å²) in [5, 5.41) is 6.85. The molecule has 0 saturated carbocycles. The summed E-state index contributed by atoms with van der Waals surface area (Å²) in [6.07, 6.45) is 1.99. The second-order valence-electron chi connectivity index (χ2n) is 7.42. The third kappa shape index (κ3) is 8.50.